The number of rotatable bonds is 13. The predicted octanol–water partition coefficient (Wildman–Crippen LogP) is 0.882. The van der Waals surface area contributed by atoms with Crippen molar-refractivity contribution >= 4 is 5.91 Å². The van der Waals surface area contributed by atoms with Crippen LogP contribution in [0, 0.1) is 5.41 Å². The molecule has 0 aromatic rings. The third kappa shape index (κ3) is 11.1. The highest BCUT2D eigenvalue weighted by atomic mass is 16.5. The maximum Gasteiger partial charge on any atom is 0.225 e. The summed E-state index contributed by atoms with van der Waals surface area (Å²) in [7, 11) is 2.04. The van der Waals surface area contributed by atoms with E-state index in [1.807, 2.05) is 27.8 Å². The van der Waals surface area contributed by atoms with Crippen molar-refractivity contribution in [2.24, 2.45) is 5.41 Å². The van der Waals surface area contributed by atoms with Gasteiger partial charge >= 0.3 is 0 Å². The molecule has 1 rings (SSSR count). The van der Waals surface area contributed by atoms with Gasteiger partial charge in [-0.25, -0.2) is 0 Å². The van der Waals surface area contributed by atoms with Crippen LogP contribution in [0.15, 0.2) is 0 Å². The van der Waals surface area contributed by atoms with Gasteiger partial charge < -0.3 is 29.7 Å². The molecule has 154 valence electrons. The van der Waals surface area contributed by atoms with Crippen LogP contribution in [-0.4, -0.2) is 89.7 Å². The van der Waals surface area contributed by atoms with E-state index in [1.165, 1.54) is 12.8 Å². The molecule has 1 aliphatic rings. The molecule has 7 nitrogen and oxygen atoms in total. The first-order chi connectivity index (χ1) is 12.4. The molecular weight excluding hydrogens is 334 g/mol. The maximum absolute atomic E-state index is 11.6. The van der Waals surface area contributed by atoms with Crippen LogP contribution in [-0.2, 0) is 19.0 Å². The summed E-state index contributed by atoms with van der Waals surface area (Å²) in [6.45, 7) is 13.1. The third-order valence-corrected chi connectivity index (χ3v) is 4.50. The molecule has 0 bridgehead atoms. The second-order valence-corrected chi connectivity index (χ2v) is 7.75. The van der Waals surface area contributed by atoms with Gasteiger partial charge in [0, 0.05) is 24.5 Å². The molecule has 2 N–H and O–H groups in total. The van der Waals surface area contributed by atoms with Gasteiger partial charge in [-0.05, 0) is 33.0 Å². The third-order valence-electron chi connectivity index (χ3n) is 4.50. The lowest BCUT2D eigenvalue weighted by Crippen LogP contribution is -2.42. The minimum absolute atomic E-state index is 0.0425. The van der Waals surface area contributed by atoms with Crippen molar-refractivity contribution in [1.82, 2.24) is 15.5 Å². The number of nitrogens with zero attached hydrogens (tertiary/aromatic N) is 1. The first-order valence-corrected chi connectivity index (χ1v) is 9.84. The molecule has 1 amide bonds. The van der Waals surface area contributed by atoms with Gasteiger partial charge in [0.1, 0.15) is 0 Å². The van der Waals surface area contributed by atoms with Crippen LogP contribution < -0.4 is 10.6 Å². The van der Waals surface area contributed by atoms with Crippen molar-refractivity contribution in [3.63, 3.8) is 0 Å². The van der Waals surface area contributed by atoms with E-state index in [0.717, 1.165) is 26.2 Å². The quantitative estimate of drug-likeness (QED) is 0.467. The molecule has 0 saturated carbocycles. The van der Waals surface area contributed by atoms with Gasteiger partial charge in [0.25, 0.3) is 0 Å². The maximum atomic E-state index is 11.6. The van der Waals surface area contributed by atoms with Gasteiger partial charge in [-0.1, -0.05) is 20.8 Å². The molecule has 0 radical (unpaired) electrons. The van der Waals surface area contributed by atoms with Gasteiger partial charge in [-0.15, -0.1) is 0 Å². The Morgan fingerprint density at radius 2 is 1.50 bits per heavy atom. The molecule has 1 aliphatic heterocycles. The molecule has 1 saturated heterocycles. The number of nitrogens with one attached hydrogen (secondary N) is 2. The fourth-order valence-electron chi connectivity index (χ4n) is 2.68. The number of carbonyl (C=O) groups is 1. The van der Waals surface area contributed by atoms with Gasteiger partial charge in [0.2, 0.25) is 5.91 Å². The lowest BCUT2D eigenvalue weighted by atomic mass is 9.96. The fraction of sp³-hybridized carbons (Fsp3) is 0.947. The van der Waals surface area contributed by atoms with Gasteiger partial charge in [0.05, 0.1) is 39.6 Å². The number of carbonyl (C=O) groups excluding carboxylic acids is 1. The van der Waals surface area contributed by atoms with Crippen LogP contribution >= 0.6 is 0 Å². The van der Waals surface area contributed by atoms with Crippen molar-refractivity contribution in [2.75, 3.05) is 72.9 Å². The topological polar surface area (TPSA) is 72.1 Å². The zero-order valence-corrected chi connectivity index (χ0v) is 17.1. The Bertz CT molecular complexity index is 366. The lowest BCUT2D eigenvalue weighted by Gasteiger charge is -2.31. The van der Waals surface area contributed by atoms with Gasteiger partial charge in [-0.3, -0.25) is 4.79 Å². The number of ether oxygens (including phenoxy) is 3. The van der Waals surface area contributed by atoms with Crippen LogP contribution in [0.3, 0.4) is 0 Å². The van der Waals surface area contributed by atoms with Gasteiger partial charge in [0.15, 0.2) is 0 Å². The zero-order chi connectivity index (χ0) is 19.3. The summed E-state index contributed by atoms with van der Waals surface area (Å²) < 4.78 is 16.5. The van der Waals surface area contributed by atoms with Crippen LogP contribution in [0.5, 0.6) is 0 Å². The second kappa shape index (κ2) is 13.4. The summed E-state index contributed by atoms with van der Waals surface area (Å²) >= 11 is 0. The summed E-state index contributed by atoms with van der Waals surface area (Å²) in [6, 6.07) is 0.678. The highest BCUT2D eigenvalue weighted by Crippen LogP contribution is 2.11. The molecule has 0 unspecified atom stereocenters. The standard InChI is InChI=1S/C19H39N3O4/c1-19(2,3)18(23)21-7-11-24-13-15-26-16-14-25-12-10-22-8-5-17(20-4)6-9-22/h17,20H,5-16H2,1-4H3,(H,21,23). The largest absolute Gasteiger partial charge is 0.378 e. The molecule has 0 aromatic carbocycles. The van der Waals surface area contributed by atoms with E-state index < -0.39 is 0 Å². The predicted molar refractivity (Wildman–Crippen MR) is 103 cm³/mol. The highest BCUT2D eigenvalue weighted by Gasteiger charge is 2.20. The first kappa shape index (κ1) is 23.3. The SMILES string of the molecule is CNC1CCN(CCOCCOCCOCCNC(=O)C(C)(C)C)CC1. The van der Waals surface area contributed by atoms with Crippen LogP contribution in [0.1, 0.15) is 33.6 Å². The van der Waals surface area contributed by atoms with Crippen molar-refractivity contribution in [3.05, 3.63) is 0 Å². The molecule has 1 heterocycles. The van der Waals surface area contributed by atoms with E-state index in [1.54, 1.807) is 0 Å². The van der Waals surface area contributed by atoms with E-state index >= 15 is 0 Å². The molecule has 0 spiro atoms. The summed E-state index contributed by atoms with van der Waals surface area (Å²) in [4.78, 5) is 14.1. The van der Waals surface area contributed by atoms with Crippen molar-refractivity contribution in [1.29, 1.82) is 0 Å². The summed E-state index contributed by atoms with van der Waals surface area (Å²) in [6.07, 6.45) is 2.44. The minimum Gasteiger partial charge on any atom is -0.378 e. The van der Waals surface area contributed by atoms with Crippen molar-refractivity contribution in [2.45, 2.75) is 39.7 Å². The Kier molecular flexibility index (Phi) is 12.0. The Balaban J connectivity index is 1.79. The monoisotopic (exact) mass is 373 g/mol. The number of amides is 1. The molecular formula is C19H39N3O4. The fourth-order valence-corrected chi connectivity index (χ4v) is 2.68. The van der Waals surface area contributed by atoms with E-state index in [9.17, 15) is 4.79 Å². The van der Waals surface area contributed by atoms with Crippen molar-refractivity contribution < 1.29 is 19.0 Å². The molecule has 7 heteroatoms. The van der Waals surface area contributed by atoms with Crippen LogP contribution in [0.4, 0.5) is 0 Å². The average molecular weight is 374 g/mol. The van der Waals surface area contributed by atoms with Crippen LogP contribution in [0.25, 0.3) is 0 Å². The smallest absolute Gasteiger partial charge is 0.225 e. The molecule has 0 atom stereocenters. The number of likely N-dealkylation sites (tertiary alicyclic amines) is 1. The molecule has 0 aromatic heterocycles. The van der Waals surface area contributed by atoms with E-state index in [0.29, 0.717) is 45.6 Å². The number of hydrogen-bond donors (Lipinski definition) is 2. The summed E-state index contributed by atoms with van der Waals surface area (Å²) in [5, 5.41) is 6.19. The molecule has 0 aliphatic carbocycles. The average Bonchev–Trinajstić information content (AvgIpc) is 2.62. The Morgan fingerprint density at radius 3 is 2.04 bits per heavy atom. The van der Waals surface area contributed by atoms with E-state index in [2.05, 4.69) is 15.5 Å². The normalized spacial score (nSPS) is 16.8. The summed E-state index contributed by atoms with van der Waals surface area (Å²) in [5.41, 5.74) is -0.355. The second-order valence-electron chi connectivity index (χ2n) is 7.75. The molecule has 26 heavy (non-hydrogen) atoms. The van der Waals surface area contributed by atoms with Crippen molar-refractivity contribution in [3.8, 4) is 0 Å². The zero-order valence-electron chi connectivity index (χ0n) is 17.1. The summed E-state index contributed by atoms with van der Waals surface area (Å²) in [5.74, 6) is 0.0425. The highest BCUT2D eigenvalue weighted by molar-refractivity contribution is 5.81. The van der Waals surface area contributed by atoms with E-state index in [-0.39, 0.29) is 11.3 Å². The Morgan fingerprint density at radius 1 is 0.962 bits per heavy atom. The molecule has 1 fully saturated rings. The van der Waals surface area contributed by atoms with E-state index in [4.69, 9.17) is 14.2 Å². The first-order valence-electron chi connectivity index (χ1n) is 9.84. The Hall–Kier alpha value is -0.730. The van der Waals surface area contributed by atoms with Crippen LogP contribution in [0.2, 0.25) is 0 Å². The lowest BCUT2D eigenvalue weighted by molar-refractivity contribution is -0.128. The minimum atomic E-state index is -0.355. The van der Waals surface area contributed by atoms with Gasteiger partial charge in [-0.2, -0.15) is 0 Å². The number of hydrogen-bond acceptors (Lipinski definition) is 6. The Labute approximate surface area is 159 Å². The number of piperidine rings is 1.